The van der Waals surface area contributed by atoms with E-state index in [1.807, 2.05) is 0 Å². The highest BCUT2D eigenvalue weighted by Crippen LogP contribution is 2.72. The monoisotopic (exact) mass is 506 g/mol. The highest BCUT2D eigenvalue weighted by Gasteiger charge is 2.67. The summed E-state index contributed by atoms with van der Waals surface area (Å²) in [4.78, 5) is 0. The van der Waals surface area contributed by atoms with Crippen LogP contribution in [-0.2, 0) is 4.57 Å². The van der Waals surface area contributed by atoms with Crippen LogP contribution in [0.25, 0.3) is 0 Å². The number of rotatable bonds is 15. The number of unbranched alkanes of at least 4 members (excludes halogenated alkanes) is 6. The number of alkyl halides is 9. The molecule has 0 aromatic carbocycles. The van der Waals surface area contributed by atoms with E-state index in [9.17, 15) is 44.1 Å². The maximum atomic E-state index is 14.0. The molecule has 0 radical (unpaired) electrons. The Balaban J connectivity index is 6.77. The number of halogens is 9. The fourth-order valence-corrected chi connectivity index (χ4v) is 8.63. The van der Waals surface area contributed by atoms with Crippen LogP contribution in [0.1, 0.15) is 97.8 Å². The van der Waals surface area contributed by atoms with Gasteiger partial charge in [-0.15, -0.1) is 0 Å². The van der Waals surface area contributed by atoms with Crippen molar-refractivity contribution in [2.24, 2.45) is 0 Å². The van der Waals surface area contributed by atoms with Crippen molar-refractivity contribution in [1.29, 1.82) is 0 Å². The maximum absolute atomic E-state index is 14.0. The lowest BCUT2D eigenvalue weighted by molar-refractivity contribution is -0.150. The van der Waals surface area contributed by atoms with Gasteiger partial charge in [0.25, 0.3) is 0 Å². The first-order valence-electron chi connectivity index (χ1n) is 11.4. The molecule has 0 saturated heterocycles. The molecule has 0 spiro atoms. The van der Waals surface area contributed by atoms with Gasteiger partial charge in [-0.2, -0.15) is 39.5 Å². The highest BCUT2D eigenvalue weighted by atomic mass is 31.2. The Bertz CT molecular complexity index is 479. The lowest BCUT2D eigenvalue weighted by atomic mass is 10.1. The van der Waals surface area contributed by atoms with E-state index in [-0.39, 0.29) is 38.5 Å². The first kappa shape index (κ1) is 31.6. The smallest absolute Gasteiger partial charge is 0.322 e. The van der Waals surface area contributed by atoms with E-state index < -0.39 is 61.9 Å². The summed E-state index contributed by atoms with van der Waals surface area (Å²) in [6.07, 6.45) is -18.1. The van der Waals surface area contributed by atoms with Crippen molar-refractivity contribution in [3.63, 3.8) is 0 Å². The molecular weight excluding hydrogens is 470 g/mol. The molecule has 0 saturated carbocycles. The van der Waals surface area contributed by atoms with Crippen LogP contribution in [0.5, 0.6) is 0 Å². The lowest BCUT2D eigenvalue weighted by Crippen LogP contribution is -2.46. The average Bonchev–Trinajstić information content (AvgIpc) is 2.62. The zero-order chi connectivity index (χ0) is 25.2. The van der Waals surface area contributed by atoms with Crippen LogP contribution in [0, 0.1) is 0 Å². The zero-order valence-corrected chi connectivity index (χ0v) is 19.9. The minimum atomic E-state index is -5.91. The fraction of sp³-hybridized carbons (Fsp3) is 1.00. The predicted molar refractivity (Wildman–Crippen MR) is 110 cm³/mol. The Labute approximate surface area is 185 Å². The van der Waals surface area contributed by atoms with Crippen molar-refractivity contribution in [3.8, 4) is 0 Å². The molecule has 0 aliphatic rings. The SMILES string of the molecule is CCCCCC(C(F)(F)F)P(=O)(C(CCCCC)C(F)(F)F)C(CCCCC)C(F)(F)F. The molecule has 11 heteroatoms. The quantitative estimate of drug-likeness (QED) is 0.123. The van der Waals surface area contributed by atoms with Crippen molar-refractivity contribution in [2.45, 2.75) is 133 Å². The summed E-state index contributed by atoms with van der Waals surface area (Å²) < 4.78 is 140. The Morgan fingerprint density at radius 3 is 0.875 bits per heavy atom. The van der Waals surface area contributed by atoms with E-state index in [4.69, 9.17) is 0 Å². The van der Waals surface area contributed by atoms with Crippen molar-refractivity contribution >= 4 is 7.14 Å². The molecular formula is C21H36F9OP. The Morgan fingerprint density at radius 2 is 0.719 bits per heavy atom. The van der Waals surface area contributed by atoms with Gasteiger partial charge in [0, 0.05) is 0 Å². The summed E-state index contributed by atoms with van der Waals surface area (Å²) >= 11 is 0. The second-order valence-electron chi connectivity index (χ2n) is 8.42. The van der Waals surface area contributed by atoms with Crippen LogP contribution in [-0.4, -0.2) is 35.5 Å². The van der Waals surface area contributed by atoms with Crippen LogP contribution in [0.4, 0.5) is 39.5 Å². The summed E-state index contributed by atoms with van der Waals surface area (Å²) in [5.74, 6) is 0. The van der Waals surface area contributed by atoms with Crippen LogP contribution in [0.15, 0.2) is 0 Å². The molecule has 0 aromatic heterocycles. The second kappa shape index (κ2) is 13.5. The van der Waals surface area contributed by atoms with Crippen molar-refractivity contribution in [2.75, 3.05) is 0 Å². The van der Waals surface area contributed by atoms with E-state index >= 15 is 0 Å². The largest absolute Gasteiger partial charge is 0.398 e. The van der Waals surface area contributed by atoms with Gasteiger partial charge in [0.05, 0.1) is 0 Å². The lowest BCUT2D eigenvalue weighted by Gasteiger charge is -2.41. The molecule has 0 heterocycles. The van der Waals surface area contributed by atoms with Crippen molar-refractivity contribution < 1.29 is 44.1 Å². The molecule has 0 N–H and O–H groups in total. The summed E-state index contributed by atoms with van der Waals surface area (Å²) in [7, 11) is -5.91. The summed E-state index contributed by atoms with van der Waals surface area (Å²) in [5.41, 5.74) is -9.37. The minimum absolute atomic E-state index is 0.200. The summed E-state index contributed by atoms with van der Waals surface area (Å²) in [6.45, 7) is 4.94. The molecule has 194 valence electrons. The fourth-order valence-electron chi connectivity index (χ4n) is 4.20. The standard InChI is InChI=1S/C21H36F9OP/c1-4-7-10-13-16(19(22,23)24)32(31,17(20(25,26)27)14-11-8-5-2)18(21(28,29)30)15-12-9-6-3/h16-18H,4-15H2,1-3H3. The molecule has 0 rings (SSSR count). The Morgan fingerprint density at radius 1 is 0.500 bits per heavy atom. The van der Waals surface area contributed by atoms with Gasteiger partial charge in [-0.1, -0.05) is 78.6 Å². The highest BCUT2D eigenvalue weighted by molar-refractivity contribution is 7.66. The molecule has 1 nitrogen and oxygen atoms in total. The van der Waals surface area contributed by atoms with Gasteiger partial charge in [0.15, 0.2) is 0 Å². The van der Waals surface area contributed by atoms with Crippen molar-refractivity contribution in [3.05, 3.63) is 0 Å². The Kier molecular flexibility index (Phi) is 13.3. The van der Waals surface area contributed by atoms with Gasteiger partial charge in [-0.25, -0.2) is 0 Å². The molecule has 32 heavy (non-hydrogen) atoms. The zero-order valence-electron chi connectivity index (χ0n) is 19.0. The van der Waals surface area contributed by atoms with Crippen molar-refractivity contribution in [1.82, 2.24) is 0 Å². The van der Waals surface area contributed by atoms with Crippen LogP contribution < -0.4 is 0 Å². The number of hydrogen-bond acceptors (Lipinski definition) is 1. The topological polar surface area (TPSA) is 17.1 Å². The molecule has 0 bridgehead atoms. The third-order valence-electron chi connectivity index (χ3n) is 5.84. The van der Waals surface area contributed by atoms with Gasteiger partial charge < -0.3 is 4.57 Å². The van der Waals surface area contributed by atoms with Gasteiger partial charge in [0.1, 0.15) is 24.1 Å². The minimum Gasteiger partial charge on any atom is -0.322 e. The predicted octanol–water partition coefficient (Wildman–Crippen LogP) is 9.88. The summed E-state index contributed by atoms with van der Waals surface area (Å²) in [6, 6.07) is 0. The molecule has 0 fully saturated rings. The maximum Gasteiger partial charge on any atom is 0.398 e. The summed E-state index contributed by atoms with van der Waals surface area (Å²) in [5, 5.41) is 0. The van der Waals surface area contributed by atoms with E-state index in [2.05, 4.69) is 0 Å². The first-order valence-corrected chi connectivity index (χ1v) is 13.3. The first-order chi connectivity index (χ1) is 14.6. The molecule has 0 aliphatic carbocycles. The second-order valence-corrected chi connectivity index (χ2v) is 11.8. The van der Waals surface area contributed by atoms with E-state index in [0.29, 0.717) is 19.3 Å². The van der Waals surface area contributed by atoms with E-state index in [0.717, 1.165) is 0 Å². The third-order valence-corrected chi connectivity index (χ3v) is 10.4. The molecule has 0 amide bonds. The molecule has 3 atom stereocenters. The van der Waals surface area contributed by atoms with E-state index in [1.165, 1.54) is 0 Å². The van der Waals surface area contributed by atoms with Gasteiger partial charge in [-0.3, -0.25) is 0 Å². The van der Waals surface area contributed by atoms with E-state index in [1.54, 1.807) is 20.8 Å². The molecule has 0 aromatic rings. The third kappa shape index (κ3) is 9.46. The van der Waals surface area contributed by atoms with Crippen LogP contribution in [0.3, 0.4) is 0 Å². The Hall–Kier alpha value is -0.400. The molecule has 0 aliphatic heterocycles. The number of hydrogen-bond donors (Lipinski definition) is 0. The molecule has 3 unspecified atom stereocenters. The van der Waals surface area contributed by atoms with Gasteiger partial charge >= 0.3 is 18.5 Å². The van der Waals surface area contributed by atoms with Gasteiger partial charge in [0.2, 0.25) is 0 Å². The average molecular weight is 506 g/mol. The normalized spacial score (nSPS) is 18.2. The van der Waals surface area contributed by atoms with Crippen LogP contribution >= 0.6 is 7.14 Å². The van der Waals surface area contributed by atoms with Gasteiger partial charge in [-0.05, 0) is 19.3 Å². The van der Waals surface area contributed by atoms with Crippen LogP contribution in [0.2, 0.25) is 0 Å².